The number of ketones is 1. The lowest BCUT2D eigenvalue weighted by Crippen LogP contribution is -1.91. The molecule has 1 saturated carbocycles. The van der Waals surface area contributed by atoms with E-state index >= 15 is 0 Å². The molecule has 0 saturated heterocycles. The summed E-state index contributed by atoms with van der Waals surface area (Å²) >= 11 is 0. The van der Waals surface area contributed by atoms with Crippen molar-refractivity contribution < 1.29 is 9.90 Å². The fourth-order valence-electron chi connectivity index (χ4n) is 2.05. The van der Waals surface area contributed by atoms with Crippen molar-refractivity contribution >= 4 is 5.78 Å². The molecular weight excluding hydrogens is 224 g/mol. The van der Waals surface area contributed by atoms with Crippen molar-refractivity contribution in [3.05, 3.63) is 35.9 Å². The monoisotopic (exact) mass is 248 g/mol. The third kappa shape index (κ3) is 7.23. The third-order valence-electron chi connectivity index (χ3n) is 3.13. The largest absolute Gasteiger partial charge is 0.396 e. The maximum atomic E-state index is 10.7. The molecule has 1 aromatic rings. The molecular formula is C16H24O2. The highest BCUT2D eigenvalue weighted by Gasteiger charge is 2.04. The first-order valence-corrected chi connectivity index (χ1v) is 6.99. The van der Waals surface area contributed by atoms with Crippen LogP contribution in [-0.2, 0) is 11.2 Å². The minimum absolute atomic E-state index is 0.287. The SMILES string of the molecule is O=C1CCCCCC1.OCCCc1ccccc1. The molecule has 0 radical (unpaired) electrons. The molecule has 0 heterocycles. The van der Waals surface area contributed by atoms with Crippen LogP contribution in [0.3, 0.4) is 0 Å². The van der Waals surface area contributed by atoms with Crippen LogP contribution < -0.4 is 0 Å². The minimum atomic E-state index is 0.287. The Bertz CT molecular complexity index is 309. The van der Waals surface area contributed by atoms with Crippen LogP contribution in [0.25, 0.3) is 0 Å². The molecule has 100 valence electrons. The number of aliphatic hydroxyl groups excluding tert-OH is 1. The zero-order chi connectivity index (χ0) is 13.1. The van der Waals surface area contributed by atoms with E-state index < -0.39 is 0 Å². The van der Waals surface area contributed by atoms with E-state index in [1.54, 1.807) is 0 Å². The third-order valence-corrected chi connectivity index (χ3v) is 3.13. The summed E-state index contributed by atoms with van der Waals surface area (Å²) in [5, 5.41) is 8.53. The van der Waals surface area contributed by atoms with Crippen molar-refractivity contribution in [3.8, 4) is 0 Å². The molecule has 2 nitrogen and oxygen atoms in total. The van der Waals surface area contributed by atoms with E-state index in [-0.39, 0.29) is 6.61 Å². The second-order valence-electron chi connectivity index (χ2n) is 4.77. The van der Waals surface area contributed by atoms with Crippen molar-refractivity contribution in [2.45, 2.75) is 51.4 Å². The van der Waals surface area contributed by atoms with E-state index in [1.165, 1.54) is 18.4 Å². The first kappa shape index (κ1) is 14.9. The Morgan fingerprint density at radius 1 is 0.944 bits per heavy atom. The van der Waals surface area contributed by atoms with Crippen LogP contribution >= 0.6 is 0 Å². The molecule has 0 atom stereocenters. The lowest BCUT2D eigenvalue weighted by molar-refractivity contribution is -0.118. The quantitative estimate of drug-likeness (QED) is 0.831. The Kier molecular flexibility index (Phi) is 8.15. The molecule has 2 rings (SSSR count). The smallest absolute Gasteiger partial charge is 0.132 e. The van der Waals surface area contributed by atoms with Gasteiger partial charge in [0.25, 0.3) is 0 Å². The van der Waals surface area contributed by atoms with Crippen molar-refractivity contribution in [1.29, 1.82) is 0 Å². The fraction of sp³-hybridized carbons (Fsp3) is 0.562. The van der Waals surface area contributed by atoms with E-state index in [4.69, 9.17) is 5.11 Å². The van der Waals surface area contributed by atoms with Gasteiger partial charge >= 0.3 is 0 Å². The highest BCUT2D eigenvalue weighted by atomic mass is 16.2. The molecule has 2 heteroatoms. The normalized spacial score (nSPS) is 15.5. The van der Waals surface area contributed by atoms with E-state index in [9.17, 15) is 4.79 Å². The second kappa shape index (κ2) is 9.84. The summed E-state index contributed by atoms with van der Waals surface area (Å²) in [5.74, 6) is 0.475. The van der Waals surface area contributed by atoms with Gasteiger partial charge in [-0.1, -0.05) is 43.2 Å². The number of aryl methyl sites for hydroxylation is 1. The van der Waals surface area contributed by atoms with Crippen LogP contribution in [0.5, 0.6) is 0 Å². The van der Waals surface area contributed by atoms with Gasteiger partial charge in [0.15, 0.2) is 0 Å². The van der Waals surface area contributed by atoms with E-state index in [2.05, 4.69) is 12.1 Å². The average Bonchev–Trinajstić information content (AvgIpc) is 2.66. The highest BCUT2D eigenvalue weighted by molar-refractivity contribution is 5.78. The van der Waals surface area contributed by atoms with Gasteiger partial charge in [-0.25, -0.2) is 0 Å². The molecule has 0 amide bonds. The molecule has 0 aromatic heterocycles. The Labute approximate surface area is 110 Å². The van der Waals surface area contributed by atoms with Crippen LogP contribution in [0.4, 0.5) is 0 Å². The predicted molar refractivity (Wildman–Crippen MR) is 74.6 cm³/mol. The number of carbonyl (C=O) groups excluding carboxylic acids is 1. The highest BCUT2D eigenvalue weighted by Crippen LogP contribution is 2.12. The Morgan fingerprint density at radius 3 is 2.11 bits per heavy atom. The van der Waals surface area contributed by atoms with Gasteiger partial charge in [-0.15, -0.1) is 0 Å². The van der Waals surface area contributed by atoms with Gasteiger partial charge in [-0.05, 0) is 31.2 Å². The van der Waals surface area contributed by atoms with Gasteiger partial charge in [0.1, 0.15) is 5.78 Å². The summed E-state index contributed by atoms with van der Waals surface area (Å²) < 4.78 is 0. The Balaban J connectivity index is 0.000000184. The molecule has 1 N–H and O–H groups in total. The van der Waals surface area contributed by atoms with Gasteiger partial charge in [0.05, 0.1) is 0 Å². The number of aliphatic hydroxyl groups is 1. The van der Waals surface area contributed by atoms with Crippen molar-refractivity contribution in [3.63, 3.8) is 0 Å². The predicted octanol–water partition coefficient (Wildman–Crippen LogP) is 3.52. The molecule has 0 unspecified atom stereocenters. The van der Waals surface area contributed by atoms with Crippen molar-refractivity contribution in [2.75, 3.05) is 6.61 Å². The van der Waals surface area contributed by atoms with Gasteiger partial charge in [-0.3, -0.25) is 4.79 Å². The number of hydrogen-bond acceptors (Lipinski definition) is 2. The first-order valence-electron chi connectivity index (χ1n) is 6.99. The van der Waals surface area contributed by atoms with E-state index in [1.807, 2.05) is 18.2 Å². The number of hydrogen-bond donors (Lipinski definition) is 1. The number of Topliss-reactive ketones (excluding diaryl/α,β-unsaturated/α-hetero) is 1. The van der Waals surface area contributed by atoms with Crippen LogP contribution in [0.2, 0.25) is 0 Å². The molecule has 18 heavy (non-hydrogen) atoms. The summed E-state index contributed by atoms with van der Waals surface area (Å²) in [6.45, 7) is 0.287. The maximum absolute atomic E-state index is 10.7. The molecule has 0 spiro atoms. The lowest BCUT2D eigenvalue weighted by Gasteiger charge is -1.96. The van der Waals surface area contributed by atoms with Crippen LogP contribution in [0, 0.1) is 0 Å². The summed E-state index contributed by atoms with van der Waals surface area (Å²) in [4.78, 5) is 10.7. The van der Waals surface area contributed by atoms with E-state index in [0.29, 0.717) is 5.78 Å². The minimum Gasteiger partial charge on any atom is -0.396 e. The topological polar surface area (TPSA) is 37.3 Å². The number of rotatable bonds is 3. The van der Waals surface area contributed by atoms with Crippen LogP contribution in [0.1, 0.15) is 50.5 Å². The molecule has 0 aliphatic heterocycles. The van der Waals surface area contributed by atoms with Crippen LogP contribution in [0.15, 0.2) is 30.3 Å². The second-order valence-corrected chi connectivity index (χ2v) is 4.77. The summed E-state index contributed by atoms with van der Waals surface area (Å²) in [7, 11) is 0. The van der Waals surface area contributed by atoms with Gasteiger partial charge in [0.2, 0.25) is 0 Å². The average molecular weight is 248 g/mol. The Hall–Kier alpha value is -1.15. The summed E-state index contributed by atoms with van der Waals surface area (Å²) in [6, 6.07) is 10.2. The lowest BCUT2D eigenvalue weighted by atomic mass is 10.1. The van der Waals surface area contributed by atoms with Gasteiger partial charge < -0.3 is 5.11 Å². The summed E-state index contributed by atoms with van der Waals surface area (Å²) in [6.07, 6.45) is 8.36. The van der Waals surface area contributed by atoms with Crippen LogP contribution in [-0.4, -0.2) is 17.5 Å². The number of carbonyl (C=O) groups is 1. The molecule has 1 fully saturated rings. The zero-order valence-corrected chi connectivity index (χ0v) is 11.1. The fourth-order valence-corrected chi connectivity index (χ4v) is 2.05. The van der Waals surface area contributed by atoms with Crippen molar-refractivity contribution in [2.24, 2.45) is 0 Å². The number of benzene rings is 1. The molecule has 1 aromatic carbocycles. The maximum Gasteiger partial charge on any atom is 0.132 e. The van der Waals surface area contributed by atoms with Crippen molar-refractivity contribution in [1.82, 2.24) is 0 Å². The van der Waals surface area contributed by atoms with Gasteiger partial charge in [-0.2, -0.15) is 0 Å². The first-order chi connectivity index (χ1) is 8.83. The standard InChI is InChI=1S/C9H12O.C7H12O/c10-8-4-7-9-5-2-1-3-6-9;8-7-5-3-1-2-4-6-7/h1-3,5-6,10H,4,7-8H2;1-6H2. The molecule has 1 aliphatic rings. The molecule has 1 aliphatic carbocycles. The molecule has 0 bridgehead atoms. The summed E-state index contributed by atoms with van der Waals surface area (Å²) in [5.41, 5.74) is 1.30. The van der Waals surface area contributed by atoms with E-state index in [0.717, 1.165) is 38.5 Å². The van der Waals surface area contributed by atoms with Gasteiger partial charge in [0, 0.05) is 19.4 Å². The Morgan fingerprint density at radius 2 is 1.56 bits per heavy atom. The zero-order valence-electron chi connectivity index (χ0n) is 11.1.